The second kappa shape index (κ2) is 6.52. The summed E-state index contributed by atoms with van der Waals surface area (Å²) in [5.41, 5.74) is 1.59. The highest BCUT2D eigenvalue weighted by atomic mass is 35.5. The lowest BCUT2D eigenvalue weighted by Crippen LogP contribution is -2.42. The molecule has 1 saturated heterocycles. The average Bonchev–Trinajstić information content (AvgIpc) is 2.87. The van der Waals surface area contributed by atoms with Crippen LogP contribution in [0.5, 0.6) is 0 Å². The highest BCUT2D eigenvalue weighted by Crippen LogP contribution is 2.32. The molecule has 0 aromatic carbocycles. The number of aromatic nitrogens is 1. The molecule has 0 spiro atoms. The molecule has 0 aliphatic carbocycles. The topological polar surface area (TPSA) is 54.3 Å². The van der Waals surface area contributed by atoms with Gasteiger partial charge in [0.15, 0.2) is 0 Å². The van der Waals surface area contributed by atoms with Crippen LogP contribution in [0.2, 0.25) is 0 Å². The second-order valence-electron chi connectivity index (χ2n) is 5.44. The molecule has 1 aromatic rings. The summed E-state index contributed by atoms with van der Waals surface area (Å²) < 4.78 is 1.87. The van der Waals surface area contributed by atoms with Gasteiger partial charge in [0.2, 0.25) is 5.91 Å². The molecule has 0 bridgehead atoms. The third kappa shape index (κ3) is 3.07. The van der Waals surface area contributed by atoms with Crippen molar-refractivity contribution in [1.82, 2.24) is 14.8 Å². The van der Waals surface area contributed by atoms with E-state index in [9.17, 15) is 9.59 Å². The smallest absolute Gasteiger partial charge is 0.267 e. The summed E-state index contributed by atoms with van der Waals surface area (Å²) in [5.74, 6) is -0.160. The Morgan fingerprint density at radius 2 is 2.10 bits per heavy atom. The van der Waals surface area contributed by atoms with E-state index in [0.717, 1.165) is 31.5 Å². The van der Waals surface area contributed by atoms with Crippen LogP contribution in [0.1, 0.15) is 48.4 Å². The zero-order valence-electron chi connectivity index (χ0n) is 12.7. The molecular formula is C15H22ClN3O2. The average molecular weight is 312 g/mol. The monoisotopic (exact) mass is 311 g/mol. The molecular weight excluding hydrogens is 290 g/mol. The quantitative estimate of drug-likeness (QED) is 0.869. The summed E-state index contributed by atoms with van der Waals surface area (Å²) >= 11 is 5.97. The highest BCUT2D eigenvalue weighted by molar-refractivity contribution is 6.30. The van der Waals surface area contributed by atoms with E-state index in [-0.39, 0.29) is 17.9 Å². The van der Waals surface area contributed by atoms with Crippen LogP contribution >= 0.6 is 11.6 Å². The number of piperidine rings is 1. The Labute approximate surface area is 130 Å². The van der Waals surface area contributed by atoms with Gasteiger partial charge in [-0.15, -0.1) is 11.6 Å². The van der Waals surface area contributed by atoms with Gasteiger partial charge in [-0.2, -0.15) is 0 Å². The molecule has 1 aliphatic rings. The molecule has 2 unspecified atom stereocenters. The van der Waals surface area contributed by atoms with Crippen molar-refractivity contribution in [2.24, 2.45) is 7.05 Å². The fraction of sp³-hybridized carbons (Fsp3) is 0.600. The van der Waals surface area contributed by atoms with Crippen LogP contribution < -0.4 is 5.32 Å². The molecule has 0 radical (unpaired) electrons. The fourth-order valence-electron chi connectivity index (χ4n) is 2.95. The van der Waals surface area contributed by atoms with Gasteiger partial charge in [-0.3, -0.25) is 9.59 Å². The molecule has 6 heteroatoms. The lowest BCUT2D eigenvalue weighted by atomic mass is 9.99. The van der Waals surface area contributed by atoms with Crippen LogP contribution in [0.4, 0.5) is 0 Å². The Morgan fingerprint density at radius 3 is 2.71 bits per heavy atom. The summed E-state index contributed by atoms with van der Waals surface area (Å²) in [7, 11) is 3.47. The molecule has 5 nitrogen and oxygen atoms in total. The maximum atomic E-state index is 12.3. The van der Waals surface area contributed by atoms with E-state index in [1.54, 1.807) is 20.0 Å². The lowest BCUT2D eigenvalue weighted by molar-refractivity contribution is -0.134. The van der Waals surface area contributed by atoms with Crippen LogP contribution in [0, 0.1) is 0 Å². The molecule has 0 saturated carbocycles. The molecule has 116 valence electrons. The molecule has 2 heterocycles. The molecule has 2 atom stereocenters. The second-order valence-corrected chi connectivity index (χ2v) is 6.10. The van der Waals surface area contributed by atoms with Gasteiger partial charge in [0.1, 0.15) is 11.1 Å². The van der Waals surface area contributed by atoms with Crippen molar-refractivity contribution >= 4 is 23.4 Å². The molecule has 1 N–H and O–H groups in total. The van der Waals surface area contributed by atoms with Crippen molar-refractivity contribution < 1.29 is 9.59 Å². The van der Waals surface area contributed by atoms with E-state index < -0.39 is 5.38 Å². The van der Waals surface area contributed by atoms with Crippen molar-refractivity contribution in [2.75, 3.05) is 13.6 Å². The van der Waals surface area contributed by atoms with Crippen molar-refractivity contribution in [3.05, 3.63) is 23.5 Å². The Morgan fingerprint density at radius 1 is 1.38 bits per heavy atom. The minimum absolute atomic E-state index is 0.00384. The van der Waals surface area contributed by atoms with Gasteiger partial charge in [0.25, 0.3) is 5.91 Å². The largest absolute Gasteiger partial charge is 0.354 e. The van der Waals surface area contributed by atoms with Gasteiger partial charge in [-0.1, -0.05) is 0 Å². The molecule has 21 heavy (non-hydrogen) atoms. The van der Waals surface area contributed by atoms with Crippen LogP contribution in [0.25, 0.3) is 0 Å². The zero-order chi connectivity index (χ0) is 15.6. The normalized spacial score (nSPS) is 20.2. The van der Waals surface area contributed by atoms with Gasteiger partial charge in [0.05, 0.1) is 6.04 Å². The van der Waals surface area contributed by atoms with E-state index >= 15 is 0 Å². The van der Waals surface area contributed by atoms with Crippen molar-refractivity contribution in [3.63, 3.8) is 0 Å². The number of carbonyl (C=O) groups is 2. The maximum Gasteiger partial charge on any atom is 0.267 e. The van der Waals surface area contributed by atoms with Crippen LogP contribution in [0.3, 0.4) is 0 Å². The number of rotatable bonds is 3. The standard InChI is InChI=1S/C15H22ClN3O2/c1-10(16)15(21)19-9-5-4-6-12(19)11-7-8-13(18(11)3)14(20)17-2/h7-8,10,12H,4-6,9H2,1-3H3,(H,17,20). The summed E-state index contributed by atoms with van der Waals surface area (Å²) in [6, 6.07) is 3.73. The van der Waals surface area contributed by atoms with E-state index in [4.69, 9.17) is 11.6 Å². The number of halogens is 1. The van der Waals surface area contributed by atoms with Gasteiger partial charge >= 0.3 is 0 Å². The predicted molar refractivity (Wildman–Crippen MR) is 82.4 cm³/mol. The molecule has 2 rings (SSSR count). The first kappa shape index (κ1) is 15.9. The Kier molecular flexibility index (Phi) is 4.93. The number of likely N-dealkylation sites (tertiary alicyclic amines) is 1. The van der Waals surface area contributed by atoms with Crippen LogP contribution in [-0.4, -0.2) is 40.3 Å². The number of nitrogens with one attached hydrogen (secondary N) is 1. The predicted octanol–water partition coefficient (Wildman–Crippen LogP) is 2.07. The summed E-state index contributed by atoms with van der Waals surface area (Å²) in [6.45, 7) is 2.43. The number of carbonyl (C=O) groups excluding carboxylic acids is 2. The summed E-state index contributed by atoms with van der Waals surface area (Å²) in [6.07, 6.45) is 2.98. The number of alkyl halides is 1. The molecule has 1 aromatic heterocycles. The molecule has 2 amide bonds. The van der Waals surface area contributed by atoms with E-state index in [0.29, 0.717) is 5.69 Å². The fourth-order valence-corrected chi connectivity index (χ4v) is 3.07. The van der Waals surface area contributed by atoms with Gasteiger partial charge in [0, 0.05) is 26.3 Å². The highest BCUT2D eigenvalue weighted by Gasteiger charge is 2.32. The first-order chi connectivity index (χ1) is 9.97. The van der Waals surface area contributed by atoms with Gasteiger partial charge in [-0.05, 0) is 38.3 Å². The number of hydrogen-bond acceptors (Lipinski definition) is 2. The van der Waals surface area contributed by atoms with Gasteiger partial charge < -0.3 is 14.8 Å². The molecule has 1 fully saturated rings. The zero-order valence-corrected chi connectivity index (χ0v) is 13.5. The first-order valence-electron chi connectivity index (χ1n) is 7.29. The summed E-state index contributed by atoms with van der Waals surface area (Å²) in [5, 5.41) is 2.11. The maximum absolute atomic E-state index is 12.3. The SMILES string of the molecule is CNC(=O)c1ccc(C2CCCCN2C(=O)C(C)Cl)n1C. The van der Waals surface area contributed by atoms with Crippen molar-refractivity contribution in [1.29, 1.82) is 0 Å². The Balaban J connectivity index is 2.32. The van der Waals surface area contributed by atoms with E-state index in [1.807, 2.05) is 22.6 Å². The summed E-state index contributed by atoms with van der Waals surface area (Å²) in [4.78, 5) is 26.0. The van der Waals surface area contributed by atoms with Crippen molar-refractivity contribution in [2.45, 2.75) is 37.6 Å². The number of hydrogen-bond donors (Lipinski definition) is 1. The molecule has 1 aliphatic heterocycles. The van der Waals surface area contributed by atoms with E-state index in [2.05, 4.69) is 5.32 Å². The lowest BCUT2D eigenvalue weighted by Gasteiger charge is -2.37. The first-order valence-corrected chi connectivity index (χ1v) is 7.73. The Hall–Kier alpha value is -1.49. The third-order valence-corrected chi connectivity index (χ3v) is 4.27. The van der Waals surface area contributed by atoms with Crippen LogP contribution in [0.15, 0.2) is 12.1 Å². The van der Waals surface area contributed by atoms with Crippen LogP contribution in [-0.2, 0) is 11.8 Å². The number of nitrogens with zero attached hydrogens (tertiary/aromatic N) is 2. The Bertz CT molecular complexity index is 539. The van der Waals surface area contributed by atoms with Gasteiger partial charge in [-0.25, -0.2) is 0 Å². The van der Waals surface area contributed by atoms with E-state index in [1.165, 1.54) is 0 Å². The minimum atomic E-state index is -0.524. The third-order valence-electron chi connectivity index (χ3n) is 4.09. The number of amides is 2. The minimum Gasteiger partial charge on any atom is -0.354 e. The van der Waals surface area contributed by atoms with Crippen molar-refractivity contribution in [3.8, 4) is 0 Å².